The molecule has 1 atom stereocenters. The number of nitrogens with one attached hydrogen (secondary N) is 1. The Morgan fingerprint density at radius 3 is 2.32 bits per heavy atom. The summed E-state index contributed by atoms with van der Waals surface area (Å²) < 4.78 is 87.4. The molecule has 1 unspecified atom stereocenters. The molecule has 2 fully saturated rings. The van der Waals surface area contributed by atoms with Crippen molar-refractivity contribution in [2.75, 3.05) is 71.4 Å². The van der Waals surface area contributed by atoms with Crippen molar-refractivity contribution >= 4 is 39.3 Å². The largest absolute Gasteiger partial charge is 0.497 e. The van der Waals surface area contributed by atoms with E-state index in [4.69, 9.17) is 30.6 Å². The number of piperidine rings is 1. The number of anilines is 1. The Balaban J connectivity index is 1.42. The Morgan fingerprint density at radius 1 is 0.962 bits per heavy atom. The lowest BCUT2D eigenvalue weighted by molar-refractivity contribution is -0.133. The Bertz CT molecular complexity index is 1960. The topological polar surface area (TPSA) is 130 Å². The molecular formula is C35H39ClF3N5O8S. The molecule has 2 amide bonds. The van der Waals surface area contributed by atoms with E-state index < -0.39 is 62.0 Å². The second-order valence-corrected chi connectivity index (χ2v) is 15.0. The van der Waals surface area contributed by atoms with Crippen LogP contribution < -0.4 is 23.8 Å². The lowest BCUT2D eigenvalue weighted by atomic mass is 9.83. The van der Waals surface area contributed by atoms with Gasteiger partial charge in [-0.05, 0) is 57.2 Å². The third kappa shape index (κ3) is 7.45. The van der Waals surface area contributed by atoms with Gasteiger partial charge >= 0.3 is 6.09 Å². The van der Waals surface area contributed by atoms with Crippen LogP contribution in [0.4, 0.5) is 23.7 Å². The molecular weight excluding hydrogens is 743 g/mol. The van der Waals surface area contributed by atoms with E-state index in [2.05, 4.69) is 22.2 Å². The summed E-state index contributed by atoms with van der Waals surface area (Å²) in [4.78, 5) is 38.8. The Hall–Kier alpha value is -4.29. The van der Waals surface area contributed by atoms with Crippen molar-refractivity contribution in [3.63, 3.8) is 0 Å². The Labute approximate surface area is 310 Å². The molecule has 53 heavy (non-hydrogen) atoms. The predicted molar refractivity (Wildman–Crippen MR) is 188 cm³/mol. The number of carbonyl (C=O) groups excluding carboxylic acids is 2. The molecule has 286 valence electrons. The van der Waals surface area contributed by atoms with E-state index in [0.717, 1.165) is 44.1 Å². The second-order valence-electron chi connectivity index (χ2n) is 12.8. The summed E-state index contributed by atoms with van der Waals surface area (Å²) >= 11 is 6.26. The Morgan fingerprint density at radius 2 is 1.66 bits per heavy atom. The van der Waals surface area contributed by atoms with Gasteiger partial charge in [0.25, 0.3) is 22.4 Å². The number of ether oxygens (including phenoxy) is 3. The Kier molecular flexibility index (Phi) is 11.3. The van der Waals surface area contributed by atoms with Gasteiger partial charge in [-0.2, -0.15) is 4.31 Å². The first-order chi connectivity index (χ1) is 25.3. The number of methoxy groups -OCH3 is 2. The number of rotatable bonds is 11. The SMILES string of the molecule is COc1ccc(S(=O)(=O)N2C(=O)C(NC(=O)ON3CCN(C4CCN(C)CC4)CC3)(c3ccccc3OCC(F)F)c3cc(Cl)c(F)cc32)c(OC)c1. The summed E-state index contributed by atoms with van der Waals surface area (Å²) in [6.45, 7) is 2.73. The number of carbonyl (C=O) groups is 2. The highest BCUT2D eigenvalue weighted by Crippen LogP contribution is 2.51. The molecule has 0 bridgehead atoms. The second kappa shape index (κ2) is 15.6. The maximum absolute atomic E-state index is 15.3. The molecule has 0 spiro atoms. The number of hydrogen-bond donors (Lipinski definition) is 1. The van der Waals surface area contributed by atoms with Gasteiger partial charge in [0.1, 0.15) is 34.6 Å². The van der Waals surface area contributed by atoms with Gasteiger partial charge in [-0.1, -0.05) is 29.8 Å². The first-order valence-corrected chi connectivity index (χ1v) is 18.6. The van der Waals surface area contributed by atoms with E-state index in [1.807, 2.05) is 0 Å². The van der Waals surface area contributed by atoms with Crippen molar-refractivity contribution in [3.8, 4) is 17.2 Å². The minimum Gasteiger partial charge on any atom is -0.497 e. The fourth-order valence-corrected chi connectivity index (χ4v) is 8.79. The highest BCUT2D eigenvalue weighted by Gasteiger charge is 2.59. The molecule has 0 radical (unpaired) electrons. The van der Waals surface area contributed by atoms with E-state index in [9.17, 15) is 22.0 Å². The summed E-state index contributed by atoms with van der Waals surface area (Å²) in [6.07, 6.45) is -2.08. The van der Waals surface area contributed by atoms with Crippen molar-refractivity contribution in [1.82, 2.24) is 20.2 Å². The molecule has 1 N–H and O–H groups in total. The normalized spacial score (nSPS) is 20.4. The molecule has 3 aromatic rings. The van der Waals surface area contributed by atoms with Gasteiger partial charge < -0.3 is 23.9 Å². The molecule has 0 aliphatic carbocycles. The molecule has 2 saturated heterocycles. The van der Waals surface area contributed by atoms with Crippen LogP contribution in [0, 0.1) is 5.82 Å². The molecule has 3 heterocycles. The fourth-order valence-electron chi connectivity index (χ4n) is 7.02. The number of halogens is 4. The lowest BCUT2D eigenvalue weighted by Crippen LogP contribution is -2.57. The monoisotopic (exact) mass is 781 g/mol. The molecule has 0 aromatic heterocycles. The number of nitrogens with zero attached hydrogens (tertiary/aromatic N) is 4. The summed E-state index contributed by atoms with van der Waals surface area (Å²) in [7, 11) is -0.329. The van der Waals surface area contributed by atoms with Gasteiger partial charge in [0.2, 0.25) is 0 Å². The first kappa shape index (κ1) is 38.4. The fraction of sp³-hybridized carbons (Fsp3) is 0.429. The molecule has 6 rings (SSSR count). The van der Waals surface area contributed by atoms with Crippen LogP contribution in [0.25, 0.3) is 0 Å². The number of likely N-dealkylation sites (tertiary alicyclic amines) is 1. The molecule has 3 aliphatic heterocycles. The van der Waals surface area contributed by atoms with E-state index in [-0.39, 0.29) is 28.4 Å². The van der Waals surface area contributed by atoms with Crippen molar-refractivity contribution in [1.29, 1.82) is 0 Å². The first-order valence-electron chi connectivity index (χ1n) is 16.8. The number of alkyl halides is 2. The molecule has 13 nitrogen and oxygen atoms in total. The summed E-state index contributed by atoms with van der Waals surface area (Å²) in [5, 5.41) is 3.44. The van der Waals surface area contributed by atoms with Crippen molar-refractivity contribution in [3.05, 3.63) is 76.6 Å². The lowest BCUT2D eigenvalue weighted by Gasteiger charge is -2.41. The van der Waals surface area contributed by atoms with E-state index in [1.54, 1.807) is 0 Å². The van der Waals surface area contributed by atoms with Crippen LogP contribution in [-0.4, -0.2) is 115 Å². The summed E-state index contributed by atoms with van der Waals surface area (Å²) in [5.41, 5.74) is -3.59. The minimum absolute atomic E-state index is 0.210. The molecule has 18 heteroatoms. The number of sulfonamides is 1. The number of para-hydroxylation sites is 1. The van der Waals surface area contributed by atoms with Crippen molar-refractivity contribution in [2.45, 2.75) is 35.7 Å². The van der Waals surface area contributed by atoms with Crippen LogP contribution in [0.1, 0.15) is 24.0 Å². The zero-order valence-electron chi connectivity index (χ0n) is 29.2. The number of fused-ring (bicyclic) bond motifs is 1. The third-order valence-corrected chi connectivity index (χ3v) is 11.7. The predicted octanol–water partition coefficient (Wildman–Crippen LogP) is 4.47. The van der Waals surface area contributed by atoms with E-state index >= 15 is 9.18 Å². The van der Waals surface area contributed by atoms with Gasteiger partial charge in [-0.3, -0.25) is 15.0 Å². The van der Waals surface area contributed by atoms with Crippen LogP contribution in [0.15, 0.2) is 59.5 Å². The van der Waals surface area contributed by atoms with Gasteiger partial charge in [-0.25, -0.2) is 26.4 Å². The van der Waals surface area contributed by atoms with Gasteiger partial charge in [0.15, 0.2) is 5.54 Å². The minimum atomic E-state index is -4.98. The number of benzene rings is 3. The highest BCUT2D eigenvalue weighted by molar-refractivity contribution is 7.93. The standard InChI is InChI=1S/C35H39ClF3N5O8S/c1-41-12-10-22(11-13-41)42-14-16-43(17-15-42)52-34(46)40-35(24-6-4-5-7-29(24)51-21-32(38)39)25-19-26(36)27(37)20-28(25)44(33(35)45)53(47,48)31-9-8-23(49-2)18-30(31)50-3/h4-9,18-20,22,32H,10-17,21H2,1-3H3,(H,40,46). The number of hydroxylamine groups is 2. The molecule has 0 saturated carbocycles. The van der Waals surface area contributed by atoms with E-state index in [0.29, 0.717) is 36.5 Å². The van der Waals surface area contributed by atoms with Crippen molar-refractivity contribution < 1.29 is 50.2 Å². The maximum atomic E-state index is 15.3. The van der Waals surface area contributed by atoms with Gasteiger partial charge in [-0.15, -0.1) is 5.06 Å². The van der Waals surface area contributed by atoms with Crippen LogP contribution in [0.5, 0.6) is 17.2 Å². The van der Waals surface area contributed by atoms with Gasteiger partial charge in [0.05, 0.1) is 24.9 Å². The third-order valence-electron chi connectivity index (χ3n) is 9.69. The average Bonchev–Trinajstić information content (AvgIpc) is 3.37. The quantitative estimate of drug-likeness (QED) is 0.296. The zero-order valence-corrected chi connectivity index (χ0v) is 30.8. The number of piperazine rings is 1. The highest BCUT2D eigenvalue weighted by atomic mass is 35.5. The summed E-state index contributed by atoms with van der Waals surface area (Å²) in [6, 6.07) is 11.3. The van der Waals surface area contributed by atoms with Crippen LogP contribution in [-0.2, 0) is 25.2 Å². The number of hydrogen-bond acceptors (Lipinski definition) is 11. The summed E-state index contributed by atoms with van der Waals surface area (Å²) in [5.74, 6) is -2.67. The van der Waals surface area contributed by atoms with Crippen LogP contribution >= 0.6 is 11.6 Å². The molecule has 3 aromatic carbocycles. The van der Waals surface area contributed by atoms with E-state index in [1.165, 1.54) is 55.7 Å². The number of amides is 2. The van der Waals surface area contributed by atoms with Crippen molar-refractivity contribution in [2.24, 2.45) is 0 Å². The average molecular weight is 782 g/mol. The maximum Gasteiger partial charge on any atom is 0.427 e. The molecule has 3 aliphatic rings. The van der Waals surface area contributed by atoms with Crippen LogP contribution in [0.2, 0.25) is 5.02 Å². The smallest absolute Gasteiger partial charge is 0.427 e. The zero-order chi connectivity index (χ0) is 38.1. The van der Waals surface area contributed by atoms with Crippen LogP contribution in [0.3, 0.4) is 0 Å². The van der Waals surface area contributed by atoms with Gasteiger partial charge in [0, 0.05) is 55.5 Å².